The van der Waals surface area contributed by atoms with Crippen molar-refractivity contribution in [2.24, 2.45) is 0 Å². The number of carbonyl (C=O) groups is 1. The Bertz CT molecular complexity index is 1020. The van der Waals surface area contributed by atoms with E-state index >= 15 is 0 Å². The van der Waals surface area contributed by atoms with Gasteiger partial charge in [-0.05, 0) is 37.1 Å². The Hall–Kier alpha value is -2.52. The second-order valence-electron chi connectivity index (χ2n) is 6.99. The van der Waals surface area contributed by atoms with Crippen molar-refractivity contribution < 1.29 is 13.2 Å². The Morgan fingerprint density at radius 3 is 2.41 bits per heavy atom. The highest BCUT2D eigenvalue weighted by Gasteiger charge is 2.25. The summed E-state index contributed by atoms with van der Waals surface area (Å²) in [6, 6.07) is 7.42. The molecule has 1 saturated carbocycles. The van der Waals surface area contributed by atoms with Gasteiger partial charge in [-0.3, -0.25) is 14.2 Å². The largest absolute Gasteiger partial charge is 0.350 e. The molecular weight excluding hydrogens is 392 g/mol. The molecule has 1 N–H and O–H groups in total. The number of amides is 1. The van der Waals surface area contributed by atoms with E-state index in [-0.39, 0.29) is 22.9 Å². The lowest BCUT2D eigenvalue weighted by Gasteiger charge is -2.18. The maximum absolute atomic E-state index is 12.5. The predicted molar refractivity (Wildman–Crippen MR) is 109 cm³/mol. The van der Waals surface area contributed by atoms with E-state index in [9.17, 15) is 18.0 Å². The Labute approximate surface area is 170 Å². The van der Waals surface area contributed by atoms with E-state index in [0.29, 0.717) is 31.1 Å². The molecule has 8 nitrogen and oxygen atoms in total. The normalized spacial score (nSPS) is 14.2. The van der Waals surface area contributed by atoms with Gasteiger partial charge in [-0.15, -0.1) is 0 Å². The Morgan fingerprint density at radius 2 is 1.86 bits per heavy atom. The van der Waals surface area contributed by atoms with Gasteiger partial charge in [-0.2, -0.15) is 4.31 Å². The van der Waals surface area contributed by atoms with Crippen LogP contribution in [0.4, 0.5) is 0 Å². The summed E-state index contributed by atoms with van der Waals surface area (Å²) in [5.74, 6) is 0.0953. The predicted octanol–water partition coefficient (Wildman–Crippen LogP) is 1.58. The number of nitrogens with one attached hydrogen (secondary N) is 1. The molecule has 0 unspecified atom stereocenters. The first-order valence-electron chi connectivity index (χ1n) is 9.81. The molecule has 0 atom stereocenters. The van der Waals surface area contributed by atoms with Crippen molar-refractivity contribution in [3.63, 3.8) is 0 Å². The lowest BCUT2D eigenvalue weighted by atomic mass is 10.2. The van der Waals surface area contributed by atoms with Crippen LogP contribution in [0.25, 0.3) is 0 Å². The van der Waals surface area contributed by atoms with E-state index in [1.807, 2.05) is 0 Å². The van der Waals surface area contributed by atoms with Gasteiger partial charge in [0.1, 0.15) is 0 Å². The molecule has 1 amide bonds. The van der Waals surface area contributed by atoms with E-state index in [0.717, 1.165) is 18.5 Å². The van der Waals surface area contributed by atoms with Crippen LogP contribution in [0.5, 0.6) is 0 Å². The Balaban J connectivity index is 1.58. The maximum atomic E-state index is 12.5. The number of benzene rings is 1. The van der Waals surface area contributed by atoms with Gasteiger partial charge in [-0.25, -0.2) is 13.4 Å². The standard InChI is InChI=1S/C20H26N4O4S/c1-3-24(4-2)29(27,28)17-9-7-16(8-10-17)20(26)21-11-12-23-14-22-18(13-19(23)25)15-5-6-15/h7-10,13-15H,3-6,11-12H2,1-2H3,(H,21,26). The van der Waals surface area contributed by atoms with Gasteiger partial charge >= 0.3 is 0 Å². The molecule has 1 aromatic carbocycles. The highest BCUT2D eigenvalue weighted by molar-refractivity contribution is 7.89. The summed E-state index contributed by atoms with van der Waals surface area (Å²) in [4.78, 5) is 28.9. The summed E-state index contributed by atoms with van der Waals surface area (Å²) in [6.07, 6.45) is 3.69. The quantitative estimate of drug-likeness (QED) is 0.666. The zero-order valence-corrected chi connectivity index (χ0v) is 17.5. The minimum absolute atomic E-state index is 0.123. The van der Waals surface area contributed by atoms with Crippen molar-refractivity contribution >= 4 is 15.9 Å². The van der Waals surface area contributed by atoms with Crippen LogP contribution in [0.15, 0.2) is 46.3 Å². The van der Waals surface area contributed by atoms with Crippen LogP contribution in [0.2, 0.25) is 0 Å². The third-order valence-corrected chi connectivity index (χ3v) is 7.06. The molecule has 0 saturated heterocycles. The van der Waals surface area contributed by atoms with E-state index in [2.05, 4.69) is 10.3 Å². The van der Waals surface area contributed by atoms with Gasteiger partial charge in [0.05, 0.1) is 16.9 Å². The van der Waals surface area contributed by atoms with E-state index in [4.69, 9.17) is 0 Å². The molecule has 1 aliphatic rings. The lowest BCUT2D eigenvalue weighted by molar-refractivity contribution is 0.0952. The third-order valence-electron chi connectivity index (χ3n) is 4.99. The van der Waals surface area contributed by atoms with Crippen LogP contribution in [0.3, 0.4) is 0 Å². The van der Waals surface area contributed by atoms with Crippen molar-refractivity contribution in [2.45, 2.75) is 44.0 Å². The molecular formula is C20H26N4O4S. The summed E-state index contributed by atoms with van der Waals surface area (Å²) in [5.41, 5.74) is 1.08. The minimum Gasteiger partial charge on any atom is -0.350 e. The molecule has 0 aliphatic heterocycles. The molecule has 0 radical (unpaired) electrons. The number of sulfonamides is 1. The number of hydrogen-bond donors (Lipinski definition) is 1. The first-order chi connectivity index (χ1) is 13.9. The summed E-state index contributed by atoms with van der Waals surface area (Å²) < 4.78 is 27.8. The first-order valence-corrected chi connectivity index (χ1v) is 11.3. The second kappa shape index (κ2) is 8.87. The number of carbonyl (C=O) groups excluding carboxylic acids is 1. The third kappa shape index (κ3) is 4.91. The fourth-order valence-corrected chi connectivity index (χ4v) is 4.55. The zero-order chi connectivity index (χ0) is 21.0. The molecule has 1 aliphatic carbocycles. The van der Waals surface area contributed by atoms with Crippen LogP contribution in [0, 0.1) is 0 Å². The average molecular weight is 419 g/mol. The minimum atomic E-state index is -3.55. The number of rotatable bonds is 9. The Morgan fingerprint density at radius 1 is 1.21 bits per heavy atom. The molecule has 1 aromatic heterocycles. The van der Waals surface area contributed by atoms with Crippen molar-refractivity contribution in [1.29, 1.82) is 0 Å². The fraction of sp³-hybridized carbons (Fsp3) is 0.450. The number of aromatic nitrogens is 2. The van der Waals surface area contributed by atoms with Crippen molar-refractivity contribution in [3.8, 4) is 0 Å². The molecule has 1 fully saturated rings. The topological polar surface area (TPSA) is 101 Å². The maximum Gasteiger partial charge on any atom is 0.253 e. The fourth-order valence-electron chi connectivity index (χ4n) is 3.09. The number of nitrogens with zero attached hydrogens (tertiary/aromatic N) is 3. The molecule has 1 heterocycles. The number of hydrogen-bond acceptors (Lipinski definition) is 5. The summed E-state index contributed by atoms with van der Waals surface area (Å²) in [7, 11) is -3.55. The molecule has 0 spiro atoms. The second-order valence-corrected chi connectivity index (χ2v) is 8.93. The molecule has 156 valence electrons. The zero-order valence-electron chi connectivity index (χ0n) is 16.7. The van der Waals surface area contributed by atoms with Gasteiger partial charge in [0, 0.05) is 43.7 Å². The van der Waals surface area contributed by atoms with E-state index < -0.39 is 10.0 Å². The van der Waals surface area contributed by atoms with Crippen LogP contribution < -0.4 is 10.9 Å². The van der Waals surface area contributed by atoms with Gasteiger partial charge in [-0.1, -0.05) is 13.8 Å². The lowest BCUT2D eigenvalue weighted by Crippen LogP contribution is -2.31. The Kier molecular flexibility index (Phi) is 6.49. The van der Waals surface area contributed by atoms with Gasteiger partial charge in [0.2, 0.25) is 10.0 Å². The van der Waals surface area contributed by atoms with Gasteiger partial charge in [0.25, 0.3) is 11.5 Å². The monoisotopic (exact) mass is 418 g/mol. The van der Waals surface area contributed by atoms with Crippen LogP contribution >= 0.6 is 0 Å². The van der Waals surface area contributed by atoms with Crippen molar-refractivity contribution in [3.05, 3.63) is 58.3 Å². The van der Waals surface area contributed by atoms with Crippen molar-refractivity contribution in [1.82, 2.24) is 19.2 Å². The molecule has 3 rings (SSSR count). The molecule has 2 aromatic rings. The summed E-state index contributed by atoms with van der Waals surface area (Å²) in [6.45, 7) is 4.92. The van der Waals surface area contributed by atoms with Crippen LogP contribution in [-0.2, 0) is 16.6 Å². The SMILES string of the molecule is CCN(CC)S(=O)(=O)c1ccc(C(=O)NCCn2cnc(C3CC3)cc2=O)cc1. The summed E-state index contributed by atoms with van der Waals surface area (Å²) >= 11 is 0. The highest BCUT2D eigenvalue weighted by Crippen LogP contribution is 2.38. The smallest absolute Gasteiger partial charge is 0.253 e. The average Bonchev–Trinajstić information content (AvgIpc) is 3.55. The highest BCUT2D eigenvalue weighted by atomic mass is 32.2. The molecule has 9 heteroatoms. The van der Waals surface area contributed by atoms with Gasteiger partial charge < -0.3 is 5.32 Å². The van der Waals surface area contributed by atoms with Crippen LogP contribution in [-0.4, -0.2) is 47.8 Å². The van der Waals surface area contributed by atoms with Gasteiger partial charge in [0.15, 0.2) is 0 Å². The summed E-state index contributed by atoms with van der Waals surface area (Å²) in [5, 5.41) is 2.74. The van der Waals surface area contributed by atoms with E-state index in [1.165, 1.54) is 39.5 Å². The molecule has 0 bridgehead atoms. The first kappa shape index (κ1) is 21.2. The van der Waals surface area contributed by atoms with E-state index in [1.54, 1.807) is 19.9 Å². The molecule has 29 heavy (non-hydrogen) atoms. The van der Waals surface area contributed by atoms with Crippen LogP contribution in [0.1, 0.15) is 48.7 Å². The van der Waals surface area contributed by atoms with Crippen molar-refractivity contribution in [2.75, 3.05) is 19.6 Å².